The summed E-state index contributed by atoms with van der Waals surface area (Å²) in [5.41, 5.74) is 6.05. The highest BCUT2D eigenvalue weighted by molar-refractivity contribution is 5.98. The molecule has 0 bridgehead atoms. The Morgan fingerprint density at radius 3 is 2.28 bits per heavy atom. The number of hydrogen-bond donors (Lipinski definition) is 2. The first-order valence-corrected chi connectivity index (χ1v) is 9.89. The van der Waals surface area contributed by atoms with E-state index in [-0.39, 0.29) is 11.8 Å². The molecule has 1 aromatic carbocycles. The number of amides is 1. The van der Waals surface area contributed by atoms with Crippen LogP contribution >= 0.6 is 0 Å². The monoisotopic (exact) mass is 443 g/mol. The van der Waals surface area contributed by atoms with Gasteiger partial charge in [-0.2, -0.15) is 13.2 Å². The summed E-state index contributed by atoms with van der Waals surface area (Å²) in [5, 5.41) is 2.58. The predicted molar refractivity (Wildman–Crippen MR) is 111 cm³/mol. The van der Waals surface area contributed by atoms with E-state index in [9.17, 15) is 18.0 Å². The SMILES string of the molecule is Nc1ncc(-c2ccc(C3(C(=O)Nc4cc(C(F)(F)F)ccn4)CCOCC3)cc2)cn1. The lowest BCUT2D eigenvalue weighted by Crippen LogP contribution is -2.45. The Morgan fingerprint density at radius 2 is 1.66 bits per heavy atom. The van der Waals surface area contributed by atoms with Gasteiger partial charge in [0.1, 0.15) is 5.82 Å². The number of carbonyl (C=O) groups is 1. The van der Waals surface area contributed by atoms with Crippen LogP contribution in [0.1, 0.15) is 24.0 Å². The second-order valence-corrected chi connectivity index (χ2v) is 7.48. The van der Waals surface area contributed by atoms with Crippen molar-refractivity contribution in [2.75, 3.05) is 24.3 Å². The van der Waals surface area contributed by atoms with Gasteiger partial charge in [-0.25, -0.2) is 15.0 Å². The number of hydrogen-bond acceptors (Lipinski definition) is 6. The van der Waals surface area contributed by atoms with Crippen molar-refractivity contribution < 1.29 is 22.7 Å². The van der Waals surface area contributed by atoms with Crippen LogP contribution < -0.4 is 11.1 Å². The standard InChI is InChI=1S/C22H20F3N5O2/c23-22(24,25)17-5-8-27-18(11-17)30-19(31)21(6-9-32-10-7-21)16-3-1-14(2-4-16)15-12-28-20(26)29-13-15/h1-5,8,11-13H,6-7,9-10H2,(H2,26,28,29)(H,27,30,31). The van der Waals surface area contributed by atoms with E-state index in [1.165, 1.54) is 0 Å². The van der Waals surface area contributed by atoms with E-state index in [0.29, 0.717) is 26.1 Å². The van der Waals surface area contributed by atoms with Gasteiger partial charge in [0, 0.05) is 37.4 Å². The lowest BCUT2D eigenvalue weighted by Gasteiger charge is -2.36. The van der Waals surface area contributed by atoms with Crippen molar-refractivity contribution >= 4 is 17.7 Å². The normalized spacial score (nSPS) is 15.8. The fourth-order valence-electron chi connectivity index (χ4n) is 3.75. The Kier molecular flexibility index (Phi) is 5.79. The van der Waals surface area contributed by atoms with Crippen molar-refractivity contribution in [2.45, 2.75) is 24.4 Å². The van der Waals surface area contributed by atoms with Gasteiger partial charge in [0.2, 0.25) is 11.9 Å². The van der Waals surface area contributed by atoms with Crippen LogP contribution in [0, 0.1) is 0 Å². The fraction of sp³-hybridized carbons (Fsp3) is 0.273. The first-order chi connectivity index (χ1) is 15.3. The minimum absolute atomic E-state index is 0.147. The van der Waals surface area contributed by atoms with Gasteiger partial charge in [0.25, 0.3) is 0 Å². The molecule has 1 aliphatic rings. The molecular formula is C22H20F3N5O2. The molecule has 10 heteroatoms. The minimum Gasteiger partial charge on any atom is -0.381 e. The van der Waals surface area contributed by atoms with Gasteiger partial charge in [-0.3, -0.25) is 4.79 Å². The zero-order valence-electron chi connectivity index (χ0n) is 16.9. The number of nitrogen functional groups attached to an aromatic ring is 1. The maximum absolute atomic E-state index is 13.3. The van der Waals surface area contributed by atoms with Crippen molar-refractivity contribution in [3.05, 3.63) is 66.1 Å². The summed E-state index contributed by atoms with van der Waals surface area (Å²) in [4.78, 5) is 25.2. The van der Waals surface area contributed by atoms with Crippen LogP contribution in [0.5, 0.6) is 0 Å². The van der Waals surface area contributed by atoms with E-state index >= 15 is 0 Å². The van der Waals surface area contributed by atoms with E-state index in [4.69, 9.17) is 10.5 Å². The molecule has 32 heavy (non-hydrogen) atoms. The first-order valence-electron chi connectivity index (χ1n) is 9.89. The van der Waals surface area contributed by atoms with E-state index < -0.39 is 23.1 Å². The second kappa shape index (κ2) is 8.54. The Morgan fingerprint density at radius 1 is 1.00 bits per heavy atom. The Balaban J connectivity index is 1.62. The van der Waals surface area contributed by atoms with Crippen molar-refractivity contribution in [1.29, 1.82) is 0 Å². The Bertz CT molecular complexity index is 1100. The molecule has 1 amide bonds. The highest BCUT2D eigenvalue weighted by atomic mass is 19.4. The minimum atomic E-state index is -4.53. The molecule has 1 saturated heterocycles. The van der Waals surface area contributed by atoms with Gasteiger partial charge in [-0.05, 0) is 36.1 Å². The number of halogens is 3. The number of nitrogens with zero attached hydrogens (tertiary/aromatic N) is 3. The number of rotatable bonds is 4. The van der Waals surface area contributed by atoms with Crippen molar-refractivity contribution in [1.82, 2.24) is 15.0 Å². The number of pyridine rings is 1. The number of benzene rings is 1. The molecule has 1 fully saturated rings. The molecule has 1 aliphatic heterocycles. The van der Waals surface area contributed by atoms with Gasteiger partial charge in [-0.1, -0.05) is 24.3 Å². The lowest BCUT2D eigenvalue weighted by molar-refractivity contribution is -0.137. The predicted octanol–water partition coefficient (Wildman–Crippen LogP) is 3.83. The van der Waals surface area contributed by atoms with Crippen LogP contribution in [-0.4, -0.2) is 34.1 Å². The number of ether oxygens (including phenoxy) is 1. The fourth-order valence-corrected chi connectivity index (χ4v) is 3.75. The molecule has 166 valence electrons. The van der Waals surface area contributed by atoms with Gasteiger partial charge >= 0.3 is 6.18 Å². The van der Waals surface area contributed by atoms with E-state index in [2.05, 4.69) is 20.3 Å². The topological polar surface area (TPSA) is 103 Å². The van der Waals surface area contributed by atoms with Gasteiger partial charge < -0.3 is 15.8 Å². The summed E-state index contributed by atoms with van der Waals surface area (Å²) in [6.45, 7) is 0.716. The zero-order chi connectivity index (χ0) is 22.8. The van der Waals surface area contributed by atoms with Crippen LogP contribution in [0.3, 0.4) is 0 Å². The number of alkyl halides is 3. The highest BCUT2D eigenvalue weighted by Crippen LogP contribution is 2.37. The third kappa shape index (κ3) is 4.40. The molecule has 0 radical (unpaired) electrons. The first kappa shape index (κ1) is 21.7. The van der Waals surface area contributed by atoms with Gasteiger partial charge in [0.05, 0.1) is 11.0 Å². The summed E-state index contributed by atoms with van der Waals surface area (Å²) in [6.07, 6.45) is 0.490. The number of anilines is 2. The van der Waals surface area contributed by atoms with Crippen LogP contribution in [0.15, 0.2) is 55.0 Å². The summed E-state index contributed by atoms with van der Waals surface area (Å²) in [7, 11) is 0. The molecule has 0 aliphatic carbocycles. The van der Waals surface area contributed by atoms with Crippen molar-refractivity contribution in [2.24, 2.45) is 0 Å². The zero-order valence-corrected chi connectivity index (χ0v) is 16.9. The average Bonchev–Trinajstić information content (AvgIpc) is 2.80. The number of carbonyl (C=O) groups excluding carboxylic acids is 1. The Hall–Kier alpha value is -3.53. The second-order valence-electron chi connectivity index (χ2n) is 7.48. The van der Waals surface area contributed by atoms with Crippen LogP contribution in [-0.2, 0) is 21.1 Å². The molecule has 2 aromatic heterocycles. The summed E-state index contributed by atoms with van der Waals surface area (Å²) in [6, 6.07) is 9.04. The molecule has 7 nitrogen and oxygen atoms in total. The third-order valence-electron chi connectivity index (χ3n) is 5.55. The number of nitrogens with one attached hydrogen (secondary N) is 1. The number of aromatic nitrogens is 3. The molecular weight excluding hydrogens is 423 g/mol. The molecule has 3 heterocycles. The van der Waals surface area contributed by atoms with Crippen LogP contribution in [0.4, 0.5) is 24.9 Å². The molecule has 4 rings (SSSR count). The van der Waals surface area contributed by atoms with E-state index in [0.717, 1.165) is 35.0 Å². The maximum atomic E-state index is 13.3. The summed E-state index contributed by atoms with van der Waals surface area (Å²) in [5.74, 6) is -0.395. The molecule has 3 aromatic rings. The Labute approximate surface area is 181 Å². The molecule has 0 spiro atoms. The lowest BCUT2D eigenvalue weighted by atomic mass is 9.73. The van der Waals surface area contributed by atoms with Crippen molar-refractivity contribution in [3.8, 4) is 11.1 Å². The average molecular weight is 443 g/mol. The van der Waals surface area contributed by atoms with E-state index in [1.54, 1.807) is 12.4 Å². The van der Waals surface area contributed by atoms with Gasteiger partial charge in [-0.15, -0.1) is 0 Å². The van der Waals surface area contributed by atoms with E-state index in [1.807, 2.05) is 24.3 Å². The quantitative estimate of drug-likeness (QED) is 0.635. The highest BCUT2D eigenvalue weighted by Gasteiger charge is 2.42. The molecule has 0 atom stereocenters. The maximum Gasteiger partial charge on any atom is 0.416 e. The molecule has 0 saturated carbocycles. The smallest absolute Gasteiger partial charge is 0.381 e. The van der Waals surface area contributed by atoms with Gasteiger partial charge in [0.15, 0.2) is 0 Å². The van der Waals surface area contributed by atoms with Crippen LogP contribution in [0.2, 0.25) is 0 Å². The molecule has 0 unspecified atom stereocenters. The molecule has 3 N–H and O–H groups in total. The largest absolute Gasteiger partial charge is 0.416 e. The summed E-state index contributed by atoms with van der Waals surface area (Å²) >= 11 is 0. The third-order valence-corrected chi connectivity index (χ3v) is 5.55. The number of nitrogens with two attached hydrogens (primary N) is 1. The van der Waals surface area contributed by atoms with Crippen LogP contribution in [0.25, 0.3) is 11.1 Å². The summed E-state index contributed by atoms with van der Waals surface area (Å²) < 4.78 is 44.5. The van der Waals surface area contributed by atoms with Crippen molar-refractivity contribution in [3.63, 3.8) is 0 Å².